The largest absolute Gasteiger partial charge is 0.365 e. The van der Waals surface area contributed by atoms with Gasteiger partial charge >= 0.3 is 0 Å². The molecule has 2 nitrogen and oxygen atoms in total. The zero-order valence-corrected chi connectivity index (χ0v) is 15.8. The Morgan fingerprint density at radius 1 is 1.00 bits per heavy atom. The van der Waals surface area contributed by atoms with Crippen LogP contribution in [-0.4, -0.2) is 16.5 Å². The summed E-state index contributed by atoms with van der Waals surface area (Å²) in [5.74, 6) is 4.86. The van der Waals surface area contributed by atoms with Crippen molar-refractivity contribution >= 4 is 0 Å². The van der Waals surface area contributed by atoms with Crippen molar-refractivity contribution in [3.8, 4) is 0 Å². The number of fused-ring (bicyclic) bond motifs is 1. The minimum atomic E-state index is -1.27. The second kappa shape index (κ2) is 7.97. The Hall–Kier alpha value is -0.340. The SMILES string of the molecule is C/C=C(/C)C(O)O.CC1CCC2C1CCC(C)[C@H](C)C2(C)C. The van der Waals surface area contributed by atoms with Crippen LogP contribution in [0.3, 0.4) is 0 Å². The van der Waals surface area contributed by atoms with Gasteiger partial charge in [0.1, 0.15) is 0 Å². The van der Waals surface area contributed by atoms with E-state index < -0.39 is 6.29 Å². The first-order chi connectivity index (χ1) is 10.1. The minimum Gasteiger partial charge on any atom is -0.365 e. The first-order valence-corrected chi connectivity index (χ1v) is 9.11. The van der Waals surface area contributed by atoms with Gasteiger partial charge in [0.05, 0.1) is 0 Å². The Morgan fingerprint density at radius 2 is 1.55 bits per heavy atom. The summed E-state index contributed by atoms with van der Waals surface area (Å²) in [6.07, 6.45) is 6.34. The minimum absolute atomic E-state index is 0.575. The number of hydrogen-bond acceptors (Lipinski definition) is 2. The van der Waals surface area contributed by atoms with Crippen molar-refractivity contribution in [2.75, 3.05) is 0 Å². The first kappa shape index (κ1) is 19.7. The van der Waals surface area contributed by atoms with Crippen LogP contribution in [0.5, 0.6) is 0 Å². The molecule has 0 heterocycles. The molecule has 2 fully saturated rings. The third-order valence-corrected chi connectivity index (χ3v) is 6.98. The van der Waals surface area contributed by atoms with Crippen molar-refractivity contribution in [2.45, 2.75) is 80.4 Å². The highest BCUT2D eigenvalue weighted by Gasteiger charge is 2.47. The lowest BCUT2D eigenvalue weighted by molar-refractivity contribution is -0.00774. The van der Waals surface area contributed by atoms with Crippen molar-refractivity contribution in [3.05, 3.63) is 11.6 Å². The second-order valence-corrected chi connectivity index (χ2v) is 8.40. The Labute approximate surface area is 138 Å². The zero-order valence-electron chi connectivity index (χ0n) is 15.8. The smallest absolute Gasteiger partial charge is 0.173 e. The van der Waals surface area contributed by atoms with Crippen LogP contribution < -0.4 is 0 Å². The normalized spacial score (nSPS) is 38.1. The molecule has 2 rings (SSSR count). The molecule has 0 spiro atoms. The summed E-state index contributed by atoms with van der Waals surface area (Å²) in [5.41, 5.74) is 1.16. The monoisotopic (exact) mass is 310 g/mol. The molecule has 0 amide bonds. The average molecular weight is 311 g/mol. The van der Waals surface area contributed by atoms with E-state index in [0.29, 0.717) is 11.0 Å². The summed E-state index contributed by atoms with van der Waals surface area (Å²) in [6, 6.07) is 0. The predicted octanol–water partition coefficient (Wildman–Crippen LogP) is 5.00. The molecular weight excluding hydrogens is 272 g/mol. The number of allylic oxidation sites excluding steroid dienone is 1. The fourth-order valence-corrected chi connectivity index (χ4v) is 4.60. The average Bonchev–Trinajstić information content (AvgIpc) is 2.81. The van der Waals surface area contributed by atoms with Crippen molar-refractivity contribution in [2.24, 2.45) is 35.0 Å². The number of rotatable bonds is 1. The first-order valence-electron chi connectivity index (χ1n) is 9.11. The Bertz CT molecular complexity index is 370. The van der Waals surface area contributed by atoms with Crippen molar-refractivity contribution < 1.29 is 10.2 Å². The molecule has 0 bridgehead atoms. The summed E-state index contributed by atoms with van der Waals surface area (Å²) in [7, 11) is 0. The van der Waals surface area contributed by atoms with E-state index in [-0.39, 0.29) is 0 Å². The zero-order chi connectivity index (χ0) is 17.1. The number of aliphatic hydroxyl groups excluding tert-OH is 1. The molecule has 0 aliphatic heterocycles. The van der Waals surface area contributed by atoms with Gasteiger partial charge < -0.3 is 10.2 Å². The van der Waals surface area contributed by atoms with Gasteiger partial charge in [-0.1, -0.05) is 53.5 Å². The molecule has 2 heteroatoms. The molecule has 4 unspecified atom stereocenters. The highest BCUT2D eigenvalue weighted by Crippen LogP contribution is 2.55. The lowest BCUT2D eigenvalue weighted by atomic mass is 9.65. The van der Waals surface area contributed by atoms with E-state index >= 15 is 0 Å². The van der Waals surface area contributed by atoms with Crippen LogP contribution in [0.2, 0.25) is 0 Å². The van der Waals surface area contributed by atoms with E-state index in [1.165, 1.54) is 25.7 Å². The summed E-state index contributed by atoms with van der Waals surface area (Å²) < 4.78 is 0. The van der Waals surface area contributed by atoms with Gasteiger partial charge in [-0.05, 0) is 67.3 Å². The molecule has 0 saturated heterocycles. The van der Waals surface area contributed by atoms with Gasteiger partial charge in [-0.25, -0.2) is 0 Å². The van der Waals surface area contributed by atoms with Crippen LogP contribution in [0.15, 0.2) is 11.6 Å². The molecule has 2 aliphatic rings. The third kappa shape index (κ3) is 4.35. The van der Waals surface area contributed by atoms with E-state index in [4.69, 9.17) is 10.2 Å². The Kier molecular flexibility index (Phi) is 7.14. The molecule has 0 aromatic carbocycles. The summed E-state index contributed by atoms with van der Waals surface area (Å²) in [6.45, 7) is 15.9. The van der Waals surface area contributed by atoms with Crippen LogP contribution in [0, 0.1) is 35.0 Å². The maximum absolute atomic E-state index is 8.31. The maximum Gasteiger partial charge on any atom is 0.173 e. The van der Waals surface area contributed by atoms with Crippen LogP contribution in [0.4, 0.5) is 0 Å². The molecule has 2 aliphatic carbocycles. The van der Waals surface area contributed by atoms with Crippen LogP contribution in [0.25, 0.3) is 0 Å². The van der Waals surface area contributed by atoms with Gasteiger partial charge in [0.25, 0.3) is 0 Å². The molecule has 5 atom stereocenters. The number of aliphatic hydroxyl groups is 2. The standard InChI is InChI=1S/C15H28.C5H10O2/c1-10-6-8-13-11(2)7-9-14(13)15(4,5)12(10)3;1-3-4(2)5(6)7/h10-14H,6-9H2,1-5H3;3,5-7H,1-2H3/b;4-3-/t10?,11?,12-,13?,14?;/m0./s1. The molecule has 2 N–H and O–H groups in total. The van der Waals surface area contributed by atoms with E-state index in [1.807, 2.05) is 0 Å². The van der Waals surface area contributed by atoms with Gasteiger partial charge in [-0.3, -0.25) is 0 Å². The van der Waals surface area contributed by atoms with Gasteiger partial charge in [0, 0.05) is 0 Å². The fraction of sp³-hybridized carbons (Fsp3) is 0.900. The third-order valence-electron chi connectivity index (χ3n) is 6.98. The van der Waals surface area contributed by atoms with Gasteiger partial charge in [0.2, 0.25) is 0 Å². The quantitative estimate of drug-likeness (QED) is 0.528. The van der Waals surface area contributed by atoms with Gasteiger partial charge in [-0.15, -0.1) is 0 Å². The Morgan fingerprint density at radius 3 is 2.00 bits per heavy atom. The number of hydrogen-bond donors (Lipinski definition) is 2. The van der Waals surface area contributed by atoms with Crippen molar-refractivity contribution in [3.63, 3.8) is 0 Å². The fourth-order valence-electron chi connectivity index (χ4n) is 4.60. The van der Waals surface area contributed by atoms with Gasteiger partial charge in [-0.2, -0.15) is 0 Å². The molecular formula is C20H38O2. The van der Waals surface area contributed by atoms with Crippen LogP contribution >= 0.6 is 0 Å². The summed E-state index contributed by atoms with van der Waals surface area (Å²) in [4.78, 5) is 0. The summed E-state index contributed by atoms with van der Waals surface area (Å²) in [5, 5.41) is 16.6. The van der Waals surface area contributed by atoms with Crippen molar-refractivity contribution in [1.29, 1.82) is 0 Å². The lowest BCUT2D eigenvalue weighted by Crippen LogP contribution is -2.34. The topological polar surface area (TPSA) is 40.5 Å². The van der Waals surface area contributed by atoms with Crippen LogP contribution in [0.1, 0.15) is 74.1 Å². The predicted molar refractivity (Wildman–Crippen MR) is 94.4 cm³/mol. The highest BCUT2D eigenvalue weighted by molar-refractivity contribution is 4.97. The molecule has 130 valence electrons. The van der Waals surface area contributed by atoms with Gasteiger partial charge in [0.15, 0.2) is 6.29 Å². The molecule has 2 saturated carbocycles. The molecule has 0 radical (unpaired) electrons. The lowest BCUT2D eigenvalue weighted by Gasteiger charge is -2.40. The van der Waals surface area contributed by atoms with Crippen LogP contribution in [-0.2, 0) is 0 Å². The molecule has 0 aromatic heterocycles. The maximum atomic E-state index is 8.31. The highest BCUT2D eigenvalue weighted by atomic mass is 16.5. The van der Waals surface area contributed by atoms with E-state index in [0.717, 1.165) is 29.6 Å². The Balaban J connectivity index is 0.000000295. The molecule has 0 aromatic rings. The van der Waals surface area contributed by atoms with E-state index in [1.54, 1.807) is 19.9 Å². The van der Waals surface area contributed by atoms with E-state index in [9.17, 15) is 0 Å². The van der Waals surface area contributed by atoms with Crippen molar-refractivity contribution in [1.82, 2.24) is 0 Å². The molecule has 22 heavy (non-hydrogen) atoms. The second-order valence-electron chi connectivity index (χ2n) is 8.40. The van der Waals surface area contributed by atoms with E-state index in [2.05, 4.69) is 34.6 Å². The summed E-state index contributed by atoms with van der Waals surface area (Å²) >= 11 is 0.